The van der Waals surface area contributed by atoms with Crippen LogP contribution in [0.2, 0.25) is 0 Å². The van der Waals surface area contributed by atoms with Crippen LogP contribution in [0.3, 0.4) is 0 Å². The van der Waals surface area contributed by atoms with Crippen LogP contribution in [0.4, 0.5) is 0 Å². The van der Waals surface area contributed by atoms with Crippen molar-refractivity contribution in [2.45, 2.75) is 43.5 Å². The number of esters is 1. The highest BCUT2D eigenvalue weighted by Gasteiger charge is 2.37. The Bertz CT molecular complexity index is 1060. The van der Waals surface area contributed by atoms with Gasteiger partial charge in [-0.1, -0.05) is 18.2 Å². The first kappa shape index (κ1) is 22.3. The van der Waals surface area contributed by atoms with E-state index in [4.69, 9.17) is 9.47 Å². The van der Waals surface area contributed by atoms with E-state index in [1.54, 1.807) is 0 Å². The molecule has 7 nitrogen and oxygen atoms in total. The number of sulfonamides is 1. The highest BCUT2D eigenvalue weighted by atomic mass is 32.2. The summed E-state index contributed by atoms with van der Waals surface area (Å²) in [5, 5.41) is 0. The number of benzene rings is 1. The zero-order valence-electron chi connectivity index (χ0n) is 17.9. The minimum Gasteiger partial charge on any atom is -0.494 e. The maximum Gasteiger partial charge on any atom is 0.340 e. The van der Waals surface area contributed by atoms with Gasteiger partial charge in [0.1, 0.15) is 9.96 Å². The highest BCUT2D eigenvalue weighted by molar-refractivity contribution is 7.91. The number of fused-ring (bicyclic) bond motifs is 1. The van der Waals surface area contributed by atoms with Crippen LogP contribution < -0.4 is 4.74 Å². The van der Waals surface area contributed by atoms with Crippen molar-refractivity contribution in [2.24, 2.45) is 0 Å². The van der Waals surface area contributed by atoms with Gasteiger partial charge in [-0.3, -0.25) is 4.90 Å². The van der Waals surface area contributed by atoms with Gasteiger partial charge < -0.3 is 9.47 Å². The van der Waals surface area contributed by atoms with Crippen LogP contribution in [-0.4, -0.2) is 56.9 Å². The highest BCUT2D eigenvalue weighted by Crippen LogP contribution is 2.39. The van der Waals surface area contributed by atoms with Gasteiger partial charge in [0.15, 0.2) is 0 Å². The van der Waals surface area contributed by atoms with E-state index in [1.807, 2.05) is 25.1 Å². The fourth-order valence-electron chi connectivity index (χ4n) is 4.27. The second-order valence-electron chi connectivity index (χ2n) is 7.77. The molecule has 0 radical (unpaired) electrons. The Hall–Kier alpha value is -1.94. The standard InChI is InChI=1S/C22H28N2O5S2/c1-3-29-18-9-5-4-8-16(18)14-23-13-10-17-19(15-23)30-22(20(17)21(25)28-2)31(26,27)24-11-6-7-12-24/h4-5,8-9H,3,6-7,10-15H2,1-2H3. The summed E-state index contributed by atoms with van der Waals surface area (Å²) in [6.45, 7) is 5.61. The van der Waals surface area contributed by atoms with E-state index in [1.165, 1.54) is 22.8 Å². The third kappa shape index (κ3) is 4.37. The van der Waals surface area contributed by atoms with Crippen molar-refractivity contribution < 1.29 is 22.7 Å². The quantitative estimate of drug-likeness (QED) is 0.586. The average Bonchev–Trinajstić information content (AvgIpc) is 3.43. The monoisotopic (exact) mass is 464 g/mol. The third-order valence-corrected chi connectivity index (χ3v) is 9.41. The fraction of sp³-hybridized carbons (Fsp3) is 0.500. The average molecular weight is 465 g/mol. The lowest BCUT2D eigenvalue weighted by atomic mass is 10.0. The summed E-state index contributed by atoms with van der Waals surface area (Å²) in [5.41, 5.74) is 2.16. The summed E-state index contributed by atoms with van der Waals surface area (Å²) in [6, 6.07) is 7.97. The van der Waals surface area contributed by atoms with E-state index in [9.17, 15) is 13.2 Å². The van der Waals surface area contributed by atoms with Crippen LogP contribution in [0.5, 0.6) is 5.75 Å². The molecule has 1 aromatic carbocycles. The zero-order chi connectivity index (χ0) is 22.0. The molecule has 2 aromatic rings. The summed E-state index contributed by atoms with van der Waals surface area (Å²) in [5.74, 6) is 0.305. The van der Waals surface area contributed by atoms with Crippen LogP contribution in [-0.2, 0) is 34.3 Å². The predicted molar refractivity (Wildman–Crippen MR) is 119 cm³/mol. The zero-order valence-corrected chi connectivity index (χ0v) is 19.6. The molecule has 4 rings (SSSR count). The molecule has 1 saturated heterocycles. The molecule has 0 atom stereocenters. The van der Waals surface area contributed by atoms with Gasteiger partial charge in [0.2, 0.25) is 0 Å². The lowest BCUT2D eigenvalue weighted by Gasteiger charge is -2.27. The first-order valence-electron chi connectivity index (χ1n) is 10.6. The molecule has 1 fully saturated rings. The molecule has 0 amide bonds. The molecule has 0 N–H and O–H groups in total. The molecular weight excluding hydrogens is 436 g/mol. The van der Waals surface area contributed by atoms with Gasteiger partial charge in [-0.2, -0.15) is 4.31 Å². The molecule has 2 aliphatic rings. The Labute approximate surface area is 187 Å². The van der Waals surface area contributed by atoms with Gasteiger partial charge in [-0.05, 0) is 37.8 Å². The number of methoxy groups -OCH3 is 1. The van der Waals surface area contributed by atoms with Gasteiger partial charge in [0.25, 0.3) is 10.0 Å². The number of nitrogens with zero attached hydrogens (tertiary/aromatic N) is 2. The molecule has 0 spiro atoms. The van der Waals surface area contributed by atoms with Crippen molar-refractivity contribution in [1.29, 1.82) is 0 Å². The maximum atomic E-state index is 13.3. The van der Waals surface area contributed by atoms with Crippen LogP contribution >= 0.6 is 11.3 Å². The number of hydrogen-bond acceptors (Lipinski definition) is 7. The molecule has 3 heterocycles. The smallest absolute Gasteiger partial charge is 0.340 e. The number of thiophene rings is 1. The SMILES string of the molecule is CCOc1ccccc1CN1CCc2c(sc(S(=O)(=O)N3CCCC3)c2C(=O)OC)C1. The molecule has 168 valence electrons. The Kier molecular flexibility index (Phi) is 6.66. The number of hydrogen-bond donors (Lipinski definition) is 0. The first-order valence-corrected chi connectivity index (χ1v) is 12.9. The van der Waals surface area contributed by atoms with Gasteiger partial charge in [0, 0.05) is 43.2 Å². The fourth-order valence-corrected chi connectivity index (χ4v) is 7.86. The third-order valence-electron chi connectivity index (χ3n) is 5.80. The van der Waals surface area contributed by atoms with Gasteiger partial charge in [-0.25, -0.2) is 13.2 Å². The molecule has 31 heavy (non-hydrogen) atoms. The molecule has 0 unspecified atom stereocenters. The Morgan fingerprint density at radius 2 is 1.90 bits per heavy atom. The van der Waals surface area contributed by atoms with E-state index in [0.29, 0.717) is 39.2 Å². The van der Waals surface area contributed by atoms with Crippen LogP contribution in [0.25, 0.3) is 0 Å². The largest absolute Gasteiger partial charge is 0.494 e. The summed E-state index contributed by atoms with van der Waals surface area (Å²) < 4.78 is 38.9. The van der Waals surface area contributed by atoms with Gasteiger partial charge >= 0.3 is 5.97 Å². The lowest BCUT2D eigenvalue weighted by Crippen LogP contribution is -2.30. The molecule has 0 saturated carbocycles. The molecule has 2 aliphatic heterocycles. The van der Waals surface area contributed by atoms with Gasteiger partial charge in [-0.15, -0.1) is 11.3 Å². The predicted octanol–water partition coefficient (Wildman–Crippen LogP) is 3.28. The molecule has 9 heteroatoms. The van der Waals surface area contributed by atoms with E-state index in [0.717, 1.165) is 41.1 Å². The second-order valence-corrected chi connectivity index (χ2v) is 11.0. The number of carbonyl (C=O) groups is 1. The molecule has 0 aliphatic carbocycles. The van der Waals surface area contributed by atoms with Crippen molar-refractivity contribution >= 4 is 27.3 Å². The number of carbonyl (C=O) groups excluding carboxylic acids is 1. The van der Waals surface area contributed by atoms with Crippen molar-refractivity contribution in [2.75, 3.05) is 33.4 Å². The number of para-hydroxylation sites is 1. The Morgan fingerprint density at radius 1 is 1.16 bits per heavy atom. The number of rotatable bonds is 7. The summed E-state index contributed by atoms with van der Waals surface area (Å²) in [7, 11) is -2.39. The minimum atomic E-state index is -3.70. The normalized spacial score (nSPS) is 17.5. The second kappa shape index (κ2) is 9.28. The first-order chi connectivity index (χ1) is 15.0. The van der Waals surface area contributed by atoms with Crippen molar-refractivity contribution in [3.05, 3.63) is 45.8 Å². The molecular formula is C22H28N2O5S2. The van der Waals surface area contributed by atoms with Gasteiger partial charge in [0.05, 0.1) is 19.3 Å². The summed E-state index contributed by atoms with van der Waals surface area (Å²) in [4.78, 5) is 15.8. The topological polar surface area (TPSA) is 76.2 Å². The van der Waals surface area contributed by atoms with Crippen LogP contribution in [0.15, 0.2) is 28.5 Å². The Balaban J connectivity index is 1.64. The summed E-state index contributed by atoms with van der Waals surface area (Å²) in [6.07, 6.45) is 2.32. The maximum absolute atomic E-state index is 13.3. The van der Waals surface area contributed by atoms with E-state index in [2.05, 4.69) is 11.0 Å². The van der Waals surface area contributed by atoms with Crippen LogP contribution in [0, 0.1) is 0 Å². The molecule has 1 aromatic heterocycles. The lowest BCUT2D eigenvalue weighted by molar-refractivity contribution is 0.0595. The molecule has 0 bridgehead atoms. The van der Waals surface area contributed by atoms with E-state index < -0.39 is 16.0 Å². The van der Waals surface area contributed by atoms with E-state index >= 15 is 0 Å². The number of ether oxygens (including phenoxy) is 2. The minimum absolute atomic E-state index is 0.141. The summed E-state index contributed by atoms with van der Waals surface area (Å²) >= 11 is 1.22. The van der Waals surface area contributed by atoms with Crippen molar-refractivity contribution in [1.82, 2.24) is 9.21 Å². The van der Waals surface area contributed by atoms with E-state index in [-0.39, 0.29) is 9.77 Å². The van der Waals surface area contributed by atoms with Crippen LogP contribution in [0.1, 0.15) is 46.1 Å². The van der Waals surface area contributed by atoms with Crippen molar-refractivity contribution in [3.8, 4) is 5.75 Å². The Morgan fingerprint density at radius 3 is 2.61 bits per heavy atom. The van der Waals surface area contributed by atoms with Crippen molar-refractivity contribution in [3.63, 3.8) is 0 Å².